The summed E-state index contributed by atoms with van der Waals surface area (Å²) in [6.07, 6.45) is 6.59. The molecule has 2 atom stereocenters. The summed E-state index contributed by atoms with van der Waals surface area (Å²) in [4.78, 5) is 0. The van der Waals surface area contributed by atoms with Gasteiger partial charge in [0.25, 0.3) is 13.4 Å². The molecule has 0 unspecified atom stereocenters. The minimum atomic E-state index is -3.17. The lowest BCUT2D eigenvalue weighted by molar-refractivity contribution is 0.363. The van der Waals surface area contributed by atoms with Crippen LogP contribution in [0.1, 0.15) is 38.5 Å². The van der Waals surface area contributed by atoms with Crippen molar-refractivity contribution in [3.05, 3.63) is 91.0 Å². The van der Waals surface area contributed by atoms with Gasteiger partial charge in [-0.2, -0.15) is 13.5 Å². The first-order chi connectivity index (χ1) is 19.9. The van der Waals surface area contributed by atoms with E-state index in [9.17, 15) is 0 Å². The first-order valence-corrected chi connectivity index (χ1v) is 23.6. The highest BCUT2D eigenvalue weighted by Gasteiger charge is 2.44. The maximum Gasteiger partial charge on any atom is 0.264 e. The van der Waals surface area contributed by atoms with Crippen molar-refractivity contribution >= 4 is 76.8 Å². The van der Waals surface area contributed by atoms with Gasteiger partial charge in [-0.05, 0) is 59.4 Å². The average Bonchev–Trinajstić information content (AvgIpc) is 3.01. The molecule has 3 aliphatic heterocycles. The monoisotopic (exact) mass is 684 g/mol. The molecule has 218 valence electrons. The van der Waals surface area contributed by atoms with E-state index in [1.54, 1.807) is 0 Å². The fourth-order valence-electron chi connectivity index (χ4n) is 5.80. The van der Waals surface area contributed by atoms with Gasteiger partial charge in [0.15, 0.2) is 0 Å². The van der Waals surface area contributed by atoms with Gasteiger partial charge in [0.1, 0.15) is 0 Å². The quantitative estimate of drug-likeness (QED) is 0.243. The Morgan fingerprint density at radius 3 is 1.39 bits per heavy atom. The smallest absolute Gasteiger partial charge is 0.240 e. The zero-order valence-electron chi connectivity index (χ0n) is 22.8. The lowest BCUT2D eigenvalue weighted by Crippen LogP contribution is -2.29. The van der Waals surface area contributed by atoms with Crippen LogP contribution in [0.15, 0.2) is 109 Å². The molecule has 0 aromatic heterocycles. The number of benzene rings is 3. The molecule has 0 aliphatic carbocycles. The highest BCUT2D eigenvalue weighted by molar-refractivity contribution is 8.15. The van der Waals surface area contributed by atoms with Crippen molar-refractivity contribution in [2.75, 3.05) is 26.2 Å². The molecule has 0 N–H and O–H groups in total. The normalized spacial score (nSPS) is 27.2. The van der Waals surface area contributed by atoms with Crippen LogP contribution in [-0.4, -0.2) is 35.5 Å². The van der Waals surface area contributed by atoms with Crippen LogP contribution in [0, 0.1) is 0 Å². The first kappa shape index (κ1) is 30.4. The highest BCUT2D eigenvalue weighted by Crippen LogP contribution is 2.87. The van der Waals surface area contributed by atoms with Gasteiger partial charge in [0.05, 0.1) is 7.05 Å². The van der Waals surface area contributed by atoms with E-state index >= 15 is 0 Å². The molecule has 3 aromatic carbocycles. The second kappa shape index (κ2) is 12.8. The molecular formula is C28H35Cl3N6P4. The van der Waals surface area contributed by atoms with E-state index in [1.807, 2.05) is 0 Å². The van der Waals surface area contributed by atoms with Crippen molar-refractivity contribution in [3.8, 4) is 0 Å². The Kier molecular flexibility index (Phi) is 9.47. The molecule has 0 saturated carbocycles. The molecule has 0 amide bonds. The van der Waals surface area contributed by atoms with Crippen LogP contribution in [0.2, 0.25) is 0 Å². The van der Waals surface area contributed by atoms with Crippen LogP contribution in [0.4, 0.5) is 0 Å². The fourth-order valence-corrected chi connectivity index (χ4v) is 27.0. The fraction of sp³-hybridized carbons (Fsp3) is 0.357. The third kappa shape index (κ3) is 6.31. The van der Waals surface area contributed by atoms with E-state index in [4.69, 9.17) is 51.8 Å². The van der Waals surface area contributed by atoms with Gasteiger partial charge in [0, 0.05) is 42.1 Å². The molecule has 0 bridgehead atoms. The van der Waals surface area contributed by atoms with E-state index in [0.717, 1.165) is 67.8 Å². The second-order valence-electron chi connectivity index (χ2n) is 10.5. The van der Waals surface area contributed by atoms with Crippen molar-refractivity contribution in [2.45, 2.75) is 38.5 Å². The summed E-state index contributed by atoms with van der Waals surface area (Å²) in [5.41, 5.74) is 0. The van der Waals surface area contributed by atoms with Crippen LogP contribution in [0.3, 0.4) is 0 Å². The maximum absolute atomic E-state index is 7.56. The lowest BCUT2D eigenvalue weighted by atomic mass is 10.2. The second-order valence-corrected chi connectivity index (χ2v) is 25.0. The zero-order valence-corrected chi connectivity index (χ0v) is 28.7. The molecular weight excluding hydrogens is 651 g/mol. The summed E-state index contributed by atoms with van der Waals surface area (Å²) in [6.45, 7) is 0.434. The Morgan fingerprint density at radius 1 is 0.537 bits per heavy atom. The molecule has 2 fully saturated rings. The Morgan fingerprint density at radius 2 is 0.951 bits per heavy atom. The summed E-state index contributed by atoms with van der Waals surface area (Å²) >= 11 is 21.8. The zero-order chi connectivity index (χ0) is 28.4. The first-order valence-electron chi connectivity index (χ1n) is 14.2. The van der Waals surface area contributed by atoms with Gasteiger partial charge < -0.3 is 0 Å². The third-order valence-electron chi connectivity index (χ3n) is 7.73. The topological polar surface area (TPSA) is 55.9 Å². The van der Waals surface area contributed by atoms with Crippen molar-refractivity contribution in [3.63, 3.8) is 0 Å². The Labute approximate surface area is 258 Å². The van der Waals surface area contributed by atoms with Crippen LogP contribution < -0.4 is 15.9 Å². The number of piperidine rings is 2. The maximum atomic E-state index is 7.56. The molecule has 3 heterocycles. The van der Waals surface area contributed by atoms with Crippen LogP contribution in [-0.2, 0) is 0 Å². The Hall–Kier alpha value is -0.630. The predicted octanol–water partition coefficient (Wildman–Crippen LogP) is 10.7. The van der Waals surface area contributed by atoms with Crippen LogP contribution in [0.5, 0.6) is 0 Å². The summed E-state index contributed by atoms with van der Waals surface area (Å²) in [5.74, 6) is -3.17. The number of hydrogen-bond acceptors (Lipinski definition) is 6. The molecule has 3 aromatic rings. The van der Waals surface area contributed by atoms with E-state index in [-0.39, 0.29) is 0 Å². The lowest BCUT2D eigenvalue weighted by Gasteiger charge is -2.41. The average molecular weight is 686 g/mol. The largest absolute Gasteiger partial charge is 0.264 e. The van der Waals surface area contributed by atoms with Gasteiger partial charge >= 0.3 is 0 Å². The molecule has 41 heavy (non-hydrogen) atoms. The molecule has 6 nitrogen and oxygen atoms in total. The summed E-state index contributed by atoms with van der Waals surface area (Å²) in [6, 6.07) is 31.9. The summed E-state index contributed by atoms with van der Waals surface area (Å²) < 4.78 is 26.4. The molecule has 0 spiro atoms. The molecule has 13 heteroatoms. The Bertz CT molecular complexity index is 1480. The van der Waals surface area contributed by atoms with Crippen molar-refractivity contribution < 1.29 is 0 Å². The standard InChI is InChI=1S/C28H35Cl3N6P4/c29-39(30)33-40(31,36-22-12-4-13-23-36)35-41(34-39,37-24-14-5-15-25-37)32-38(26-16-6-1-7-17-26,27-18-8-2-9-19-27)28-20-10-3-11-21-28/h1-3,6-11,16-21H,4-5,12-15,22-25H2/t40-,41+/m1/s1. The number of hydrogen-bond donors (Lipinski definition) is 0. The SMILES string of the molecule is ClP1(Cl)=N[P@@](Cl)(N2CCCCC2)=N[P@@](N=P(c2ccccc2)(c2ccccc2)c2ccccc2)(N2CCCCC2)=N1. The number of halogens is 3. The van der Waals surface area contributed by atoms with Crippen molar-refractivity contribution in [2.24, 2.45) is 18.1 Å². The minimum Gasteiger partial charge on any atom is -0.240 e. The number of rotatable bonds is 6. The summed E-state index contributed by atoms with van der Waals surface area (Å²) in [7, 11) is -5.73. The van der Waals surface area contributed by atoms with Crippen LogP contribution in [0.25, 0.3) is 0 Å². The van der Waals surface area contributed by atoms with E-state index in [1.165, 1.54) is 12.8 Å². The van der Waals surface area contributed by atoms with Gasteiger partial charge in [0.2, 0.25) is 6.71 Å². The minimum absolute atomic E-state index is 0.841. The molecule has 0 radical (unpaired) electrons. The molecule has 2 saturated heterocycles. The van der Waals surface area contributed by atoms with E-state index in [2.05, 4.69) is 100 Å². The van der Waals surface area contributed by atoms with Crippen molar-refractivity contribution in [1.29, 1.82) is 0 Å². The van der Waals surface area contributed by atoms with Gasteiger partial charge in [-0.1, -0.05) is 104 Å². The summed E-state index contributed by atoms with van der Waals surface area (Å²) in [5, 5.41) is 3.43. The molecule has 3 aliphatic rings. The number of nitrogens with zero attached hydrogens (tertiary/aromatic N) is 6. The van der Waals surface area contributed by atoms with Gasteiger partial charge in [-0.15, -0.1) is 0 Å². The van der Waals surface area contributed by atoms with Gasteiger partial charge in [-0.3, -0.25) is 0 Å². The van der Waals surface area contributed by atoms with Crippen LogP contribution >= 0.6 is 60.9 Å². The predicted molar refractivity (Wildman–Crippen MR) is 184 cm³/mol. The van der Waals surface area contributed by atoms with Crippen molar-refractivity contribution in [1.82, 2.24) is 9.34 Å². The van der Waals surface area contributed by atoms with E-state index < -0.39 is 27.2 Å². The Balaban J connectivity index is 1.77. The van der Waals surface area contributed by atoms with E-state index in [0.29, 0.717) is 0 Å². The third-order valence-corrected chi connectivity index (χ3v) is 24.9. The van der Waals surface area contributed by atoms with Gasteiger partial charge in [-0.25, -0.2) is 13.9 Å². The molecule has 6 rings (SSSR count). The highest BCUT2D eigenvalue weighted by atomic mass is 35.9.